The summed E-state index contributed by atoms with van der Waals surface area (Å²) < 4.78 is 5.17. The molecule has 2 aromatic rings. The fourth-order valence-corrected chi connectivity index (χ4v) is 2.53. The predicted molar refractivity (Wildman–Crippen MR) is 76.2 cm³/mol. The monoisotopic (exact) mass is 296 g/mol. The van der Waals surface area contributed by atoms with E-state index in [1.54, 1.807) is 23.6 Å². The zero-order valence-corrected chi connectivity index (χ0v) is 12.1. The Balaban J connectivity index is 2.40. The highest BCUT2D eigenvalue weighted by Crippen LogP contribution is 2.26. The molecule has 2 rings (SSSR count). The van der Waals surface area contributed by atoms with Gasteiger partial charge in [-0.25, -0.2) is 4.98 Å². The fourth-order valence-electron chi connectivity index (χ4n) is 1.60. The normalized spacial score (nSPS) is 12.2. The van der Waals surface area contributed by atoms with Crippen LogP contribution in [0.5, 0.6) is 5.75 Å². The maximum Gasteiger partial charge on any atom is 0.215 e. The smallest absolute Gasteiger partial charge is 0.215 e. The first-order valence-electron chi connectivity index (χ1n) is 5.62. The van der Waals surface area contributed by atoms with Crippen LogP contribution in [0.1, 0.15) is 34.0 Å². The van der Waals surface area contributed by atoms with Crippen LogP contribution in [0.2, 0.25) is 5.02 Å². The van der Waals surface area contributed by atoms with E-state index in [0.29, 0.717) is 22.0 Å². The van der Waals surface area contributed by atoms with Gasteiger partial charge in [0.2, 0.25) is 5.78 Å². The van der Waals surface area contributed by atoms with Gasteiger partial charge in [0.25, 0.3) is 0 Å². The lowest BCUT2D eigenvalue weighted by molar-refractivity contribution is 0.103. The van der Waals surface area contributed by atoms with Crippen LogP contribution in [0.25, 0.3) is 0 Å². The van der Waals surface area contributed by atoms with E-state index in [4.69, 9.17) is 22.1 Å². The second-order valence-corrected chi connectivity index (χ2v) is 5.36. The van der Waals surface area contributed by atoms with Gasteiger partial charge in [0.15, 0.2) is 0 Å². The van der Waals surface area contributed by atoms with Gasteiger partial charge in [-0.15, -0.1) is 11.3 Å². The standard InChI is InChI=1S/C13H13ClN2O2S/c1-7(15)13-16-10(6-19-13)12(17)9-5-8(14)3-4-11(9)18-2/h3-7H,15H2,1-2H3. The Morgan fingerprint density at radius 3 is 2.84 bits per heavy atom. The Morgan fingerprint density at radius 1 is 1.53 bits per heavy atom. The molecule has 0 saturated heterocycles. The van der Waals surface area contributed by atoms with Crippen molar-refractivity contribution < 1.29 is 9.53 Å². The Hall–Kier alpha value is -1.43. The first kappa shape index (κ1) is 14.0. The molecule has 0 aliphatic carbocycles. The second-order valence-electron chi connectivity index (χ2n) is 4.03. The lowest BCUT2D eigenvalue weighted by atomic mass is 10.1. The summed E-state index contributed by atoms with van der Waals surface area (Å²) in [6, 6.07) is 4.72. The lowest BCUT2D eigenvalue weighted by Crippen LogP contribution is -2.07. The molecule has 2 N–H and O–H groups in total. The van der Waals surface area contributed by atoms with Gasteiger partial charge in [-0.2, -0.15) is 0 Å². The van der Waals surface area contributed by atoms with E-state index >= 15 is 0 Å². The van der Waals surface area contributed by atoms with Gasteiger partial charge in [0, 0.05) is 10.4 Å². The van der Waals surface area contributed by atoms with Crippen molar-refractivity contribution in [2.75, 3.05) is 7.11 Å². The van der Waals surface area contributed by atoms with Crippen LogP contribution < -0.4 is 10.5 Å². The van der Waals surface area contributed by atoms with Crippen LogP contribution in [0.3, 0.4) is 0 Å². The molecule has 0 saturated carbocycles. The van der Waals surface area contributed by atoms with Crippen molar-refractivity contribution in [1.29, 1.82) is 0 Å². The van der Waals surface area contributed by atoms with E-state index in [2.05, 4.69) is 4.98 Å². The topological polar surface area (TPSA) is 65.2 Å². The average molecular weight is 297 g/mol. The molecule has 1 aromatic carbocycles. The molecule has 0 radical (unpaired) electrons. The molecule has 1 unspecified atom stereocenters. The van der Waals surface area contributed by atoms with E-state index in [1.807, 2.05) is 6.92 Å². The minimum absolute atomic E-state index is 0.187. The van der Waals surface area contributed by atoms with E-state index in [1.165, 1.54) is 18.4 Å². The number of halogens is 1. The summed E-state index contributed by atoms with van der Waals surface area (Å²) in [4.78, 5) is 16.6. The van der Waals surface area contributed by atoms with Crippen LogP contribution in [0.4, 0.5) is 0 Å². The zero-order chi connectivity index (χ0) is 14.0. The summed E-state index contributed by atoms with van der Waals surface area (Å²) >= 11 is 7.28. The molecular weight excluding hydrogens is 284 g/mol. The van der Waals surface area contributed by atoms with Gasteiger partial charge in [-0.3, -0.25) is 4.79 Å². The quantitative estimate of drug-likeness (QED) is 0.881. The highest BCUT2D eigenvalue weighted by Gasteiger charge is 2.18. The Labute approximate surface area is 120 Å². The maximum absolute atomic E-state index is 12.4. The Kier molecular flexibility index (Phi) is 4.19. The SMILES string of the molecule is COc1ccc(Cl)cc1C(=O)c1csc(C(C)N)n1. The number of nitrogens with two attached hydrogens (primary N) is 1. The largest absolute Gasteiger partial charge is 0.496 e. The highest BCUT2D eigenvalue weighted by molar-refractivity contribution is 7.09. The molecule has 1 aromatic heterocycles. The third kappa shape index (κ3) is 2.94. The number of carbonyl (C=O) groups is 1. The maximum atomic E-state index is 12.4. The number of aromatic nitrogens is 1. The molecule has 19 heavy (non-hydrogen) atoms. The molecule has 1 heterocycles. The molecule has 0 aliphatic rings. The number of ketones is 1. The third-order valence-electron chi connectivity index (χ3n) is 2.55. The fraction of sp³-hybridized carbons (Fsp3) is 0.231. The van der Waals surface area contributed by atoms with Crippen LogP contribution in [-0.2, 0) is 0 Å². The second kappa shape index (κ2) is 5.69. The molecule has 0 amide bonds. The number of benzene rings is 1. The number of rotatable bonds is 4. The number of carbonyl (C=O) groups excluding carboxylic acids is 1. The number of thiazole rings is 1. The minimum Gasteiger partial charge on any atom is -0.496 e. The van der Waals surface area contributed by atoms with Crippen molar-refractivity contribution in [3.8, 4) is 5.75 Å². The van der Waals surface area contributed by atoms with Crippen molar-refractivity contribution >= 4 is 28.7 Å². The van der Waals surface area contributed by atoms with Gasteiger partial charge in [0.1, 0.15) is 16.5 Å². The Morgan fingerprint density at radius 2 is 2.26 bits per heavy atom. The summed E-state index contributed by atoms with van der Waals surface area (Å²) in [7, 11) is 1.51. The van der Waals surface area contributed by atoms with Gasteiger partial charge in [0.05, 0.1) is 18.7 Å². The average Bonchev–Trinajstić information content (AvgIpc) is 2.87. The third-order valence-corrected chi connectivity index (χ3v) is 3.83. The van der Waals surface area contributed by atoms with Gasteiger partial charge in [-0.05, 0) is 25.1 Å². The van der Waals surface area contributed by atoms with Crippen LogP contribution in [-0.4, -0.2) is 17.9 Å². The molecule has 4 nitrogen and oxygen atoms in total. The molecule has 100 valence electrons. The van der Waals surface area contributed by atoms with Crippen molar-refractivity contribution in [3.63, 3.8) is 0 Å². The predicted octanol–water partition coefficient (Wildman–Crippen LogP) is 3.06. The van der Waals surface area contributed by atoms with Crippen LogP contribution >= 0.6 is 22.9 Å². The lowest BCUT2D eigenvalue weighted by Gasteiger charge is -2.06. The van der Waals surface area contributed by atoms with Gasteiger partial charge in [-0.1, -0.05) is 11.6 Å². The zero-order valence-electron chi connectivity index (χ0n) is 10.5. The molecule has 6 heteroatoms. The molecule has 0 aliphatic heterocycles. The van der Waals surface area contributed by atoms with Crippen molar-refractivity contribution in [1.82, 2.24) is 4.98 Å². The van der Waals surface area contributed by atoms with Crippen LogP contribution in [0.15, 0.2) is 23.6 Å². The number of hydrogen-bond acceptors (Lipinski definition) is 5. The minimum atomic E-state index is -0.220. The number of ether oxygens (including phenoxy) is 1. The molecular formula is C13H13ClN2O2S. The van der Waals surface area contributed by atoms with E-state index in [-0.39, 0.29) is 11.8 Å². The first-order valence-corrected chi connectivity index (χ1v) is 6.88. The summed E-state index contributed by atoms with van der Waals surface area (Å²) in [6.45, 7) is 1.83. The van der Waals surface area contributed by atoms with Gasteiger partial charge < -0.3 is 10.5 Å². The van der Waals surface area contributed by atoms with Gasteiger partial charge >= 0.3 is 0 Å². The van der Waals surface area contributed by atoms with Crippen molar-refractivity contribution in [3.05, 3.63) is 44.9 Å². The summed E-state index contributed by atoms with van der Waals surface area (Å²) in [5, 5.41) is 2.90. The molecule has 0 spiro atoms. The molecule has 1 atom stereocenters. The molecule has 0 bridgehead atoms. The van der Waals surface area contributed by atoms with Crippen molar-refractivity contribution in [2.24, 2.45) is 5.73 Å². The summed E-state index contributed by atoms with van der Waals surface area (Å²) in [6.07, 6.45) is 0. The van der Waals surface area contributed by atoms with Crippen molar-refractivity contribution in [2.45, 2.75) is 13.0 Å². The molecule has 0 fully saturated rings. The summed E-state index contributed by atoms with van der Waals surface area (Å²) in [5.74, 6) is 0.257. The number of methoxy groups -OCH3 is 1. The van der Waals surface area contributed by atoms with E-state index in [0.717, 1.165) is 5.01 Å². The highest BCUT2D eigenvalue weighted by atomic mass is 35.5. The van der Waals surface area contributed by atoms with E-state index in [9.17, 15) is 4.79 Å². The number of nitrogens with zero attached hydrogens (tertiary/aromatic N) is 1. The first-order chi connectivity index (χ1) is 9.02. The summed E-state index contributed by atoms with van der Waals surface area (Å²) in [5.41, 5.74) is 6.50. The Bertz CT molecular complexity index is 610. The van der Waals surface area contributed by atoms with E-state index < -0.39 is 0 Å². The van der Waals surface area contributed by atoms with Crippen LogP contribution in [0, 0.1) is 0 Å². The number of hydrogen-bond donors (Lipinski definition) is 1.